The Hall–Kier alpha value is -1.80. The van der Waals surface area contributed by atoms with Crippen LogP contribution in [-0.2, 0) is 14.6 Å². The number of halogens is 1. The Labute approximate surface area is 152 Å². The van der Waals surface area contributed by atoms with Gasteiger partial charge in [0.15, 0.2) is 0 Å². The molecule has 0 radical (unpaired) electrons. The number of hydrogen-bond donors (Lipinski definition) is 1. The minimum absolute atomic E-state index is 0.217. The van der Waals surface area contributed by atoms with Crippen LogP contribution in [0.2, 0.25) is 5.02 Å². The van der Waals surface area contributed by atoms with Crippen molar-refractivity contribution >= 4 is 38.3 Å². The normalized spacial score (nSPS) is 15.1. The van der Waals surface area contributed by atoms with Gasteiger partial charge < -0.3 is 15.1 Å². The van der Waals surface area contributed by atoms with E-state index >= 15 is 0 Å². The van der Waals surface area contributed by atoms with Crippen molar-refractivity contribution in [3.8, 4) is 0 Å². The quantitative estimate of drug-likeness (QED) is 0.827. The molecular formula is C16H22ClN3O4S. The molecular weight excluding hydrogens is 366 g/mol. The Morgan fingerprint density at radius 1 is 1.20 bits per heavy atom. The molecule has 1 fully saturated rings. The first-order valence-corrected chi connectivity index (χ1v) is 10.2. The number of piperazine rings is 1. The fourth-order valence-electron chi connectivity index (χ4n) is 2.62. The average Bonchev–Trinajstić information content (AvgIpc) is 2.59. The number of nitrogens with zero attached hydrogens (tertiary/aromatic N) is 2. The van der Waals surface area contributed by atoms with Crippen LogP contribution < -0.4 is 10.2 Å². The van der Waals surface area contributed by atoms with E-state index in [-0.39, 0.29) is 18.2 Å². The smallest absolute Gasteiger partial charge is 0.336 e. The minimum Gasteiger partial charge on any atom is -0.368 e. The molecule has 0 spiro atoms. The number of amides is 2. The Kier molecular flexibility index (Phi) is 6.66. The van der Waals surface area contributed by atoms with Gasteiger partial charge >= 0.3 is 5.24 Å². The van der Waals surface area contributed by atoms with Crippen LogP contribution in [0.1, 0.15) is 13.3 Å². The molecule has 0 aliphatic carbocycles. The highest BCUT2D eigenvalue weighted by atomic mass is 35.5. The van der Waals surface area contributed by atoms with Gasteiger partial charge in [-0.15, -0.1) is 0 Å². The second-order valence-electron chi connectivity index (χ2n) is 5.81. The van der Waals surface area contributed by atoms with Crippen LogP contribution in [0.25, 0.3) is 0 Å². The number of anilines is 1. The van der Waals surface area contributed by atoms with E-state index in [1.54, 1.807) is 17.9 Å². The van der Waals surface area contributed by atoms with Crippen LogP contribution in [-0.4, -0.2) is 62.9 Å². The van der Waals surface area contributed by atoms with Crippen molar-refractivity contribution in [1.29, 1.82) is 0 Å². The predicted octanol–water partition coefficient (Wildman–Crippen LogP) is 1.52. The van der Waals surface area contributed by atoms with E-state index in [9.17, 15) is 18.0 Å². The number of sulfone groups is 1. The van der Waals surface area contributed by atoms with E-state index in [0.717, 1.165) is 5.69 Å². The van der Waals surface area contributed by atoms with Crippen LogP contribution >= 0.6 is 11.6 Å². The van der Waals surface area contributed by atoms with Crippen LogP contribution in [0.3, 0.4) is 0 Å². The van der Waals surface area contributed by atoms with Gasteiger partial charge in [-0.1, -0.05) is 24.6 Å². The highest BCUT2D eigenvalue weighted by molar-refractivity contribution is 8.06. The summed E-state index contributed by atoms with van der Waals surface area (Å²) in [4.78, 5) is 27.5. The summed E-state index contributed by atoms with van der Waals surface area (Å²) in [6.07, 6.45) is 0.356. The number of benzene rings is 1. The molecule has 1 aromatic carbocycles. The highest BCUT2D eigenvalue weighted by Crippen LogP contribution is 2.20. The Morgan fingerprint density at radius 2 is 1.88 bits per heavy atom. The number of nitrogens with one attached hydrogen (secondary N) is 1. The van der Waals surface area contributed by atoms with E-state index in [1.165, 1.54) is 0 Å². The van der Waals surface area contributed by atoms with Crippen molar-refractivity contribution in [3.63, 3.8) is 0 Å². The van der Waals surface area contributed by atoms with Crippen molar-refractivity contribution in [1.82, 2.24) is 10.2 Å². The third kappa shape index (κ3) is 5.34. The second kappa shape index (κ2) is 8.53. The van der Waals surface area contributed by atoms with Crippen LogP contribution in [0.15, 0.2) is 24.3 Å². The molecule has 7 nitrogen and oxygen atoms in total. The zero-order valence-electron chi connectivity index (χ0n) is 14.1. The molecule has 1 N–H and O–H groups in total. The largest absolute Gasteiger partial charge is 0.368 e. The summed E-state index contributed by atoms with van der Waals surface area (Å²) in [5.74, 6) is -0.503. The van der Waals surface area contributed by atoms with Crippen molar-refractivity contribution in [2.45, 2.75) is 13.3 Å². The highest BCUT2D eigenvalue weighted by Gasteiger charge is 2.24. The maximum Gasteiger partial charge on any atom is 0.336 e. The molecule has 2 amide bonds. The van der Waals surface area contributed by atoms with E-state index < -0.39 is 15.1 Å². The molecule has 2 rings (SSSR count). The second-order valence-corrected chi connectivity index (χ2v) is 8.25. The fraction of sp³-hybridized carbons (Fsp3) is 0.500. The van der Waals surface area contributed by atoms with Gasteiger partial charge in [-0.3, -0.25) is 9.59 Å². The zero-order valence-corrected chi connectivity index (χ0v) is 15.6. The lowest BCUT2D eigenvalue weighted by Crippen LogP contribution is -2.51. The summed E-state index contributed by atoms with van der Waals surface area (Å²) in [6, 6.07) is 7.52. The van der Waals surface area contributed by atoms with Gasteiger partial charge in [0, 0.05) is 36.9 Å². The monoisotopic (exact) mass is 387 g/mol. The summed E-state index contributed by atoms with van der Waals surface area (Å²) < 4.78 is 23.2. The summed E-state index contributed by atoms with van der Waals surface area (Å²) >= 11 is 5.99. The molecule has 1 aliphatic heterocycles. The van der Waals surface area contributed by atoms with Gasteiger partial charge in [0.1, 0.15) is 0 Å². The molecule has 0 saturated carbocycles. The van der Waals surface area contributed by atoms with Crippen molar-refractivity contribution in [2.75, 3.05) is 43.4 Å². The van der Waals surface area contributed by atoms with Crippen molar-refractivity contribution < 1.29 is 18.0 Å². The molecule has 138 valence electrons. The van der Waals surface area contributed by atoms with Crippen molar-refractivity contribution in [2.24, 2.45) is 0 Å². The lowest BCUT2D eigenvalue weighted by atomic mass is 10.2. The molecule has 0 atom stereocenters. The summed E-state index contributed by atoms with van der Waals surface area (Å²) in [6.45, 7) is 3.67. The summed E-state index contributed by atoms with van der Waals surface area (Å²) in [5.41, 5.74) is 0.999. The van der Waals surface area contributed by atoms with E-state index in [1.807, 2.05) is 18.2 Å². The van der Waals surface area contributed by atoms with Crippen LogP contribution in [0, 0.1) is 0 Å². The topological polar surface area (TPSA) is 86.8 Å². The molecule has 0 aromatic heterocycles. The van der Waals surface area contributed by atoms with Crippen LogP contribution in [0.4, 0.5) is 10.5 Å². The lowest BCUT2D eigenvalue weighted by molar-refractivity contribution is -0.130. The van der Waals surface area contributed by atoms with E-state index in [4.69, 9.17) is 11.6 Å². The molecule has 1 aliphatic rings. The molecule has 1 aromatic rings. The first kappa shape index (κ1) is 19.5. The van der Waals surface area contributed by atoms with Gasteiger partial charge in [0.25, 0.3) is 0 Å². The van der Waals surface area contributed by atoms with Crippen molar-refractivity contribution in [3.05, 3.63) is 29.3 Å². The van der Waals surface area contributed by atoms with E-state index in [2.05, 4.69) is 10.2 Å². The third-order valence-corrected chi connectivity index (χ3v) is 5.84. The van der Waals surface area contributed by atoms with Gasteiger partial charge in [-0.05, 0) is 24.6 Å². The Balaban J connectivity index is 1.82. The molecule has 9 heteroatoms. The number of carbonyl (C=O) groups is 2. The summed E-state index contributed by atoms with van der Waals surface area (Å²) in [5, 5.41) is 1.78. The first-order chi connectivity index (χ1) is 11.8. The zero-order chi connectivity index (χ0) is 18.4. The van der Waals surface area contributed by atoms with Gasteiger partial charge in [0.2, 0.25) is 15.7 Å². The van der Waals surface area contributed by atoms with E-state index in [0.29, 0.717) is 37.6 Å². The Morgan fingerprint density at radius 3 is 2.48 bits per heavy atom. The maximum absolute atomic E-state index is 12.2. The average molecular weight is 388 g/mol. The third-order valence-electron chi connectivity index (χ3n) is 3.94. The fourth-order valence-corrected chi connectivity index (χ4v) is 3.82. The van der Waals surface area contributed by atoms with Crippen LogP contribution in [0.5, 0.6) is 0 Å². The van der Waals surface area contributed by atoms with Gasteiger partial charge in [0.05, 0.1) is 12.3 Å². The summed E-state index contributed by atoms with van der Waals surface area (Å²) in [7, 11) is -3.83. The molecule has 1 heterocycles. The number of hydrogen-bond acceptors (Lipinski definition) is 5. The number of carbonyl (C=O) groups excluding carboxylic acids is 2. The molecule has 1 saturated heterocycles. The number of rotatable bonds is 5. The first-order valence-electron chi connectivity index (χ1n) is 8.12. The maximum atomic E-state index is 12.2. The Bertz CT molecular complexity index is 731. The van der Waals surface area contributed by atoms with Gasteiger partial charge in [-0.2, -0.15) is 0 Å². The van der Waals surface area contributed by atoms with Gasteiger partial charge in [-0.25, -0.2) is 8.42 Å². The lowest BCUT2D eigenvalue weighted by Gasteiger charge is -2.36. The minimum atomic E-state index is -3.83. The standard InChI is InChI=1S/C16H22ClN3O4S/c1-2-10-25(23,24)16(22)18-12-15(21)20-8-6-19(7-9-20)14-5-3-4-13(17)11-14/h3-5,11H,2,6-10,12H2,1H3,(H,18,22). The molecule has 25 heavy (non-hydrogen) atoms. The SMILES string of the molecule is CCCS(=O)(=O)C(=O)NCC(=O)N1CCN(c2cccc(Cl)c2)CC1. The molecule has 0 unspecified atom stereocenters. The molecule has 0 bridgehead atoms. The predicted molar refractivity (Wildman–Crippen MR) is 97.7 cm³/mol.